The fraction of sp³-hybridized carbons (Fsp3) is 0.0370. The lowest BCUT2D eigenvalue weighted by Crippen LogP contribution is -2.13. The predicted octanol–water partition coefficient (Wildman–Crippen LogP) is 14.3. The van der Waals surface area contributed by atoms with Crippen molar-refractivity contribution in [3.05, 3.63) is 223 Å². The summed E-state index contributed by atoms with van der Waals surface area (Å²) in [7, 11) is 0. The molecule has 0 bridgehead atoms. The number of nitrogens with zero attached hydrogens (tertiary/aromatic N) is 1. The predicted molar refractivity (Wildman–Crippen MR) is 232 cm³/mol. The Balaban J connectivity index is 1.12. The first kappa shape index (κ1) is 31.6. The van der Waals surface area contributed by atoms with E-state index in [0.29, 0.717) is 0 Å². The zero-order chi connectivity index (χ0) is 36.3. The molecule has 11 rings (SSSR count). The van der Waals surface area contributed by atoms with Crippen LogP contribution in [-0.2, 0) is 6.42 Å². The van der Waals surface area contributed by atoms with Crippen LogP contribution in [0.25, 0.3) is 82.8 Å². The van der Waals surface area contributed by atoms with Crippen molar-refractivity contribution in [3.63, 3.8) is 0 Å². The number of hydrogen-bond donors (Lipinski definition) is 0. The molecule has 1 unspecified atom stereocenters. The molecule has 1 atom stereocenters. The van der Waals surface area contributed by atoms with Gasteiger partial charge in [0.05, 0.1) is 11.0 Å². The maximum absolute atomic E-state index is 2.51. The third-order valence-electron chi connectivity index (χ3n) is 11.8. The second kappa shape index (κ2) is 12.9. The van der Waals surface area contributed by atoms with Crippen LogP contribution in [-0.4, -0.2) is 4.57 Å². The Labute approximate surface area is 321 Å². The highest BCUT2D eigenvalue weighted by molar-refractivity contribution is 6.11. The molecule has 1 heteroatoms. The number of rotatable bonds is 5. The van der Waals surface area contributed by atoms with Gasteiger partial charge in [0.1, 0.15) is 0 Å². The lowest BCUT2D eigenvalue weighted by atomic mass is 9.74. The molecule has 0 saturated carbocycles. The largest absolute Gasteiger partial charge is 0.309 e. The van der Waals surface area contributed by atoms with Crippen molar-refractivity contribution in [1.29, 1.82) is 0 Å². The molecule has 9 aromatic carbocycles. The first-order valence-corrected chi connectivity index (χ1v) is 19.3. The molecule has 1 aliphatic carbocycles. The van der Waals surface area contributed by atoms with E-state index in [0.717, 1.165) is 6.42 Å². The Kier molecular flexibility index (Phi) is 7.38. The molecule has 0 amide bonds. The molecule has 10 aromatic rings. The SMILES string of the molecule is c1ccc(-c2cc(-c3ccccc3)cc(-n3c4ccccc4c4cc5c(cc43)-c3ccccc3C(c3ccc(-c4ccccc4)c4ccccc34)C5)c2)cc1. The summed E-state index contributed by atoms with van der Waals surface area (Å²) < 4.78 is 2.49. The molecule has 1 nitrogen and oxygen atoms in total. The van der Waals surface area contributed by atoms with Crippen LogP contribution >= 0.6 is 0 Å². The normalized spacial score (nSPS) is 13.6. The van der Waals surface area contributed by atoms with Crippen molar-refractivity contribution < 1.29 is 0 Å². The first-order chi connectivity index (χ1) is 27.3. The van der Waals surface area contributed by atoms with Gasteiger partial charge >= 0.3 is 0 Å². The van der Waals surface area contributed by atoms with Crippen LogP contribution in [0.1, 0.15) is 22.6 Å². The topological polar surface area (TPSA) is 4.93 Å². The molecule has 0 spiro atoms. The van der Waals surface area contributed by atoms with E-state index in [2.05, 4.69) is 211 Å². The Morgan fingerprint density at radius 1 is 0.327 bits per heavy atom. The molecule has 1 aromatic heterocycles. The molecular weight excluding hydrogens is 663 g/mol. The van der Waals surface area contributed by atoms with Crippen LogP contribution in [0.3, 0.4) is 0 Å². The van der Waals surface area contributed by atoms with Gasteiger partial charge in [0, 0.05) is 22.4 Å². The molecular formula is C54H37N. The van der Waals surface area contributed by atoms with E-state index >= 15 is 0 Å². The average molecular weight is 700 g/mol. The van der Waals surface area contributed by atoms with E-state index in [9.17, 15) is 0 Å². The van der Waals surface area contributed by atoms with E-state index in [1.54, 1.807) is 0 Å². The van der Waals surface area contributed by atoms with Crippen molar-refractivity contribution in [2.24, 2.45) is 0 Å². The van der Waals surface area contributed by atoms with Gasteiger partial charge in [-0.25, -0.2) is 0 Å². The molecule has 1 aliphatic rings. The summed E-state index contributed by atoms with van der Waals surface area (Å²) in [5.74, 6) is 0.236. The Bertz CT molecular complexity index is 2990. The average Bonchev–Trinajstić information content (AvgIpc) is 3.59. The number of fused-ring (bicyclic) bond motifs is 7. The number of para-hydroxylation sites is 1. The van der Waals surface area contributed by atoms with Crippen molar-refractivity contribution in [2.45, 2.75) is 12.3 Å². The van der Waals surface area contributed by atoms with E-state index < -0.39 is 0 Å². The molecule has 258 valence electrons. The number of aromatic nitrogens is 1. The van der Waals surface area contributed by atoms with Gasteiger partial charge in [-0.15, -0.1) is 0 Å². The van der Waals surface area contributed by atoms with Crippen LogP contribution in [0.2, 0.25) is 0 Å². The van der Waals surface area contributed by atoms with Crippen LogP contribution in [0, 0.1) is 0 Å². The highest BCUT2D eigenvalue weighted by Crippen LogP contribution is 2.48. The Morgan fingerprint density at radius 2 is 0.909 bits per heavy atom. The van der Waals surface area contributed by atoms with E-state index in [1.807, 2.05) is 0 Å². The van der Waals surface area contributed by atoms with Crippen molar-refractivity contribution >= 4 is 32.6 Å². The molecule has 0 saturated heterocycles. The second-order valence-corrected chi connectivity index (χ2v) is 14.8. The maximum Gasteiger partial charge on any atom is 0.0547 e. The second-order valence-electron chi connectivity index (χ2n) is 14.8. The van der Waals surface area contributed by atoms with E-state index in [1.165, 1.54) is 99.5 Å². The Morgan fingerprint density at radius 3 is 1.62 bits per heavy atom. The summed E-state index contributed by atoms with van der Waals surface area (Å²) in [6, 6.07) is 76.1. The zero-order valence-electron chi connectivity index (χ0n) is 30.4. The number of hydrogen-bond acceptors (Lipinski definition) is 0. The van der Waals surface area contributed by atoms with Crippen molar-refractivity contribution in [3.8, 4) is 50.2 Å². The van der Waals surface area contributed by atoms with Crippen LogP contribution in [0.15, 0.2) is 206 Å². The quantitative estimate of drug-likeness (QED) is 0.169. The minimum atomic E-state index is 0.236. The van der Waals surface area contributed by atoms with Crippen molar-refractivity contribution in [1.82, 2.24) is 4.57 Å². The molecule has 0 radical (unpaired) electrons. The summed E-state index contributed by atoms with van der Waals surface area (Å²) in [5.41, 5.74) is 17.8. The van der Waals surface area contributed by atoms with Gasteiger partial charge in [-0.1, -0.05) is 170 Å². The van der Waals surface area contributed by atoms with Gasteiger partial charge in [0.2, 0.25) is 0 Å². The summed E-state index contributed by atoms with van der Waals surface area (Å²) in [4.78, 5) is 0. The highest BCUT2D eigenvalue weighted by atomic mass is 15.0. The molecule has 0 aliphatic heterocycles. The fourth-order valence-corrected chi connectivity index (χ4v) is 9.24. The third kappa shape index (κ3) is 5.23. The van der Waals surface area contributed by atoms with Gasteiger partial charge in [-0.3, -0.25) is 0 Å². The summed E-state index contributed by atoms with van der Waals surface area (Å²) >= 11 is 0. The number of benzene rings is 9. The van der Waals surface area contributed by atoms with Gasteiger partial charge < -0.3 is 4.57 Å². The molecule has 55 heavy (non-hydrogen) atoms. The molecule has 0 N–H and O–H groups in total. The third-order valence-corrected chi connectivity index (χ3v) is 11.8. The molecule has 1 heterocycles. The zero-order valence-corrected chi connectivity index (χ0v) is 30.4. The maximum atomic E-state index is 2.51. The Hall–Kier alpha value is -6.96. The van der Waals surface area contributed by atoms with Gasteiger partial charge in [-0.05, 0) is 115 Å². The lowest BCUT2D eigenvalue weighted by molar-refractivity contribution is 0.801. The van der Waals surface area contributed by atoms with E-state index in [-0.39, 0.29) is 5.92 Å². The minimum absolute atomic E-state index is 0.236. The van der Waals surface area contributed by atoms with Crippen LogP contribution in [0.5, 0.6) is 0 Å². The summed E-state index contributed by atoms with van der Waals surface area (Å²) in [6.07, 6.45) is 0.943. The minimum Gasteiger partial charge on any atom is -0.309 e. The van der Waals surface area contributed by atoms with Gasteiger partial charge in [0.15, 0.2) is 0 Å². The monoisotopic (exact) mass is 699 g/mol. The van der Waals surface area contributed by atoms with E-state index in [4.69, 9.17) is 0 Å². The van der Waals surface area contributed by atoms with Crippen LogP contribution < -0.4 is 0 Å². The van der Waals surface area contributed by atoms with Gasteiger partial charge in [0.25, 0.3) is 0 Å². The van der Waals surface area contributed by atoms with Crippen molar-refractivity contribution in [2.75, 3.05) is 0 Å². The molecule has 0 fully saturated rings. The summed E-state index contributed by atoms with van der Waals surface area (Å²) in [6.45, 7) is 0. The summed E-state index contributed by atoms with van der Waals surface area (Å²) in [5, 5.41) is 5.21. The van der Waals surface area contributed by atoms with Gasteiger partial charge in [-0.2, -0.15) is 0 Å². The highest BCUT2D eigenvalue weighted by Gasteiger charge is 2.29. The smallest absolute Gasteiger partial charge is 0.0547 e. The lowest BCUT2D eigenvalue weighted by Gasteiger charge is -2.30. The van der Waals surface area contributed by atoms with Crippen LogP contribution in [0.4, 0.5) is 0 Å². The standard InChI is InChI=1S/C54H37N/c1-4-16-36(17-5-1)39-30-40(37-18-6-2-7-19-37)32-42(31-39)55-53-27-15-14-26-49(53)52-34-41-33-51(47-25-13-12-24-46(47)50(41)35-54(52)55)48-29-28-43(38-20-8-3-9-21-38)44-22-10-11-23-45(44)48/h1-32,34-35,51H,33H2. The first-order valence-electron chi connectivity index (χ1n) is 19.3. The fourth-order valence-electron chi connectivity index (χ4n) is 9.24.